The number of hydrogen-bond donors (Lipinski definition) is 1. The van der Waals surface area contributed by atoms with Crippen LogP contribution >= 0.6 is 0 Å². The fourth-order valence-electron chi connectivity index (χ4n) is 3.59. The molecule has 0 saturated carbocycles. The van der Waals surface area contributed by atoms with Crippen molar-refractivity contribution in [3.8, 4) is 17.2 Å². The maximum atomic E-state index is 13.0. The van der Waals surface area contributed by atoms with Gasteiger partial charge in [0, 0.05) is 7.05 Å². The van der Waals surface area contributed by atoms with Crippen molar-refractivity contribution < 1.29 is 28.0 Å². The molecule has 4 amide bonds. The Hall–Kier alpha value is -3.75. The second kappa shape index (κ2) is 9.24. The van der Waals surface area contributed by atoms with Gasteiger partial charge in [-0.1, -0.05) is 24.3 Å². The number of sulfone groups is 1. The molecular weight excluding hydrogens is 460 g/mol. The van der Waals surface area contributed by atoms with Crippen molar-refractivity contribution in [1.82, 2.24) is 14.9 Å². The van der Waals surface area contributed by atoms with E-state index in [4.69, 9.17) is 5.26 Å². The lowest BCUT2D eigenvalue weighted by Gasteiger charge is -2.26. The fraction of sp³-hybridized carbons (Fsp3) is 0.304. The zero-order chi connectivity index (χ0) is 25.3. The van der Waals surface area contributed by atoms with Crippen LogP contribution in [0, 0.1) is 11.3 Å². The Morgan fingerprint density at radius 1 is 1.09 bits per heavy atom. The molecule has 11 heteroatoms. The number of likely N-dealkylation sites (N-methyl/N-ethyl adjacent to an activating group) is 1. The number of hydroxylamine groups is 2. The van der Waals surface area contributed by atoms with Gasteiger partial charge in [-0.15, -0.1) is 0 Å². The maximum absolute atomic E-state index is 13.0. The van der Waals surface area contributed by atoms with Crippen LogP contribution in [0.2, 0.25) is 0 Å². The minimum atomic E-state index is -4.01. The van der Waals surface area contributed by atoms with Crippen LogP contribution in [0.15, 0.2) is 53.4 Å². The third-order valence-corrected chi connectivity index (χ3v) is 7.79. The zero-order valence-corrected chi connectivity index (χ0v) is 19.7. The van der Waals surface area contributed by atoms with E-state index in [9.17, 15) is 28.0 Å². The van der Waals surface area contributed by atoms with E-state index in [1.807, 2.05) is 6.07 Å². The SMILES string of the molecule is CN1C(=O)N(CC(CS(=O)(=O)c2ccc(-c3ccc(C#N)cc3)cc2)N(O)C=O)C(=O)C1(C)C. The van der Waals surface area contributed by atoms with Crippen LogP contribution in [-0.2, 0) is 19.4 Å². The normalized spacial score (nSPS) is 16.3. The summed E-state index contributed by atoms with van der Waals surface area (Å²) in [5.41, 5.74) is 0.891. The summed E-state index contributed by atoms with van der Waals surface area (Å²) in [5, 5.41) is 19.1. The van der Waals surface area contributed by atoms with E-state index in [0.717, 1.165) is 16.0 Å². The van der Waals surface area contributed by atoms with Gasteiger partial charge in [0.2, 0.25) is 6.41 Å². The van der Waals surface area contributed by atoms with Gasteiger partial charge in [0.25, 0.3) is 5.91 Å². The predicted octanol–water partition coefficient (Wildman–Crippen LogP) is 1.89. The van der Waals surface area contributed by atoms with Crippen molar-refractivity contribution in [3.05, 3.63) is 54.1 Å². The molecule has 0 aromatic heterocycles. The first-order chi connectivity index (χ1) is 15.9. The highest BCUT2D eigenvalue weighted by Gasteiger charge is 2.50. The van der Waals surface area contributed by atoms with Crippen molar-refractivity contribution >= 4 is 28.2 Å². The Balaban J connectivity index is 1.82. The van der Waals surface area contributed by atoms with Gasteiger partial charge < -0.3 is 4.90 Å². The van der Waals surface area contributed by atoms with Crippen LogP contribution in [-0.4, -0.2) is 77.8 Å². The van der Waals surface area contributed by atoms with E-state index in [0.29, 0.717) is 5.56 Å². The van der Waals surface area contributed by atoms with E-state index in [1.54, 1.807) is 50.2 Å². The number of nitrogens with zero attached hydrogens (tertiary/aromatic N) is 4. The van der Waals surface area contributed by atoms with E-state index in [2.05, 4.69) is 0 Å². The zero-order valence-electron chi connectivity index (χ0n) is 18.9. The molecular formula is C23H24N4O6S. The molecule has 1 unspecified atom stereocenters. The summed E-state index contributed by atoms with van der Waals surface area (Å²) in [7, 11) is -2.57. The molecule has 10 nitrogen and oxygen atoms in total. The summed E-state index contributed by atoms with van der Waals surface area (Å²) in [6.45, 7) is 2.61. The second-order valence-corrected chi connectivity index (χ2v) is 10.5. The van der Waals surface area contributed by atoms with E-state index >= 15 is 0 Å². The molecule has 0 radical (unpaired) electrons. The summed E-state index contributed by atoms with van der Waals surface area (Å²) >= 11 is 0. The molecule has 1 heterocycles. The van der Waals surface area contributed by atoms with E-state index < -0.39 is 45.7 Å². The number of hydrogen-bond acceptors (Lipinski definition) is 7. The molecule has 1 N–H and O–H groups in total. The number of amides is 4. The lowest BCUT2D eigenvalue weighted by molar-refractivity contribution is -0.160. The van der Waals surface area contributed by atoms with E-state index in [1.165, 1.54) is 24.1 Å². The van der Waals surface area contributed by atoms with Crippen molar-refractivity contribution in [1.29, 1.82) is 5.26 Å². The number of imide groups is 1. The first-order valence-corrected chi connectivity index (χ1v) is 11.9. The van der Waals surface area contributed by atoms with Gasteiger partial charge in [-0.25, -0.2) is 18.3 Å². The van der Waals surface area contributed by atoms with Gasteiger partial charge in [-0.2, -0.15) is 5.26 Å². The number of rotatable bonds is 8. The van der Waals surface area contributed by atoms with Crippen LogP contribution in [0.3, 0.4) is 0 Å². The molecule has 2 aromatic rings. The molecule has 3 rings (SSSR count). The topological polar surface area (TPSA) is 139 Å². The molecule has 0 bridgehead atoms. The average Bonchev–Trinajstić information content (AvgIpc) is 2.97. The number of nitriles is 1. The van der Waals surface area contributed by atoms with Crippen LogP contribution in [0.4, 0.5) is 4.79 Å². The van der Waals surface area contributed by atoms with Crippen molar-refractivity contribution in [2.24, 2.45) is 0 Å². The maximum Gasteiger partial charge on any atom is 0.327 e. The number of benzene rings is 2. The first kappa shape index (κ1) is 24.9. The van der Waals surface area contributed by atoms with Crippen molar-refractivity contribution in [3.63, 3.8) is 0 Å². The molecule has 1 atom stereocenters. The molecule has 0 aliphatic carbocycles. The summed E-state index contributed by atoms with van der Waals surface area (Å²) in [6.07, 6.45) is 0.0358. The largest absolute Gasteiger partial charge is 0.327 e. The fourth-order valence-corrected chi connectivity index (χ4v) is 5.10. The number of urea groups is 1. The standard InChI is InChI=1S/C23H24N4O6S/c1-23(2)21(29)26(22(30)25(23)3)13-19(27(31)15-28)14-34(32,33)20-10-8-18(9-11-20)17-6-4-16(12-24)5-7-17/h4-11,15,19,31H,13-14H2,1-3H3. The quantitative estimate of drug-likeness (QED) is 0.261. The van der Waals surface area contributed by atoms with Gasteiger partial charge >= 0.3 is 6.03 Å². The Kier molecular flexibility index (Phi) is 6.77. The highest BCUT2D eigenvalue weighted by molar-refractivity contribution is 7.91. The molecule has 1 saturated heterocycles. The molecule has 0 spiro atoms. The Bertz CT molecular complexity index is 1250. The number of carbonyl (C=O) groups excluding carboxylic acids is 3. The monoisotopic (exact) mass is 484 g/mol. The van der Waals surface area contributed by atoms with Crippen LogP contribution in [0.25, 0.3) is 11.1 Å². The summed E-state index contributed by atoms with van der Waals surface area (Å²) in [5.74, 6) is -1.27. The predicted molar refractivity (Wildman–Crippen MR) is 121 cm³/mol. The number of carbonyl (C=O) groups is 3. The van der Waals surface area contributed by atoms with Crippen molar-refractivity contribution in [2.75, 3.05) is 19.3 Å². The van der Waals surface area contributed by atoms with Gasteiger partial charge in [0.15, 0.2) is 9.84 Å². The Morgan fingerprint density at radius 3 is 2.06 bits per heavy atom. The molecule has 1 aliphatic heterocycles. The Labute approximate surface area is 197 Å². The minimum absolute atomic E-state index is 0.0358. The van der Waals surface area contributed by atoms with E-state index in [-0.39, 0.29) is 16.4 Å². The van der Waals surface area contributed by atoms with Gasteiger partial charge in [-0.05, 0) is 49.2 Å². The summed E-state index contributed by atoms with van der Waals surface area (Å²) < 4.78 is 26.1. The lowest BCUT2D eigenvalue weighted by atomic mass is 10.0. The lowest BCUT2D eigenvalue weighted by Crippen LogP contribution is -2.48. The average molecular weight is 485 g/mol. The molecule has 34 heavy (non-hydrogen) atoms. The minimum Gasteiger partial charge on any atom is -0.313 e. The van der Waals surface area contributed by atoms with Crippen LogP contribution < -0.4 is 0 Å². The molecule has 1 fully saturated rings. The first-order valence-electron chi connectivity index (χ1n) is 10.3. The summed E-state index contributed by atoms with van der Waals surface area (Å²) in [6, 6.07) is 12.8. The second-order valence-electron chi connectivity index (χ2n) is 8.45. The van der Waals surface area contributed by atoms with Gasteiger partial charge in [-0.3, -0.25) is 19.7 Å². The molecule has 178 valence electrons. The van der Waals surface area contributed by atoms with Crippen molar-refractivity contribution in [2.45, 2.75) is 30.3 Å². The van der Waals surface area contributed by atoms with Crippen LogP contribution in [0.5, 0.6) is 0 Å². The smallest absolute Gasteiger partial charge is 0.313 e. The summed E-state index contributed by atoms with van der Waals surface area (Å²) in [4.78, 5) is 38.4. The third kappa shape index (κ3) is 4.64. The molecule has 2 aromatic carbocycles. The Morgan fingerprint density at radius 2 is 1.62 bits per heavy atom. The highest BCUT2D eigenvalue weighted by Crippen LogP contribution is 2.27. The molecule has 1 aliphatic rings. The highest BCUT2D eigenvalue weighted by atomic mass is 32.2. The van der Waals surface area contributed by atoms with Gasteiger partial charge in [0.1, 0.15) is 5.54 Å². The van der Waals surface area contributed by atoms with Gasteiger partial charge in [0.05, 0.1) is 34.9 Å². The van der Waals surface area contributed by atoms with Crippen LogP contribution in [0.1, 0.15) is 19.4 Å². The third-order valence-electron chi connectivity index (χ3n) is 5.97.